The molecule has 6 nitrogen and oxygen atoms in total. The SMILES string of the molecule is CN=C(NCCc1cc(F)cc2c1OCOC2)N(C)Cc1cc(Br)cn1C.I. The number of fused-ring (bicyclic) bond motifs is 1. The minimum atomic E-state index is -0.270. The van der Waals surface area contributed by atoms with Gasteiger partial charge in [0.2, 0.25) is 0 Å². The molecule has 2 heterocycles. The number of rotatable bonds is 5. The van der Waals surface area contributed by atoms with Gasteiger partial charge in [-0.15, -0.1) is 24.0 Å². The topological polar surface area (TPSA) is 51.0 Å². The summed E-state index contributed by atoms with van der Waals surface area (Å²) in [7, 11) is 5.76. The molecule has 1 aliphatic heterocycles. The van der Waals surface area contributed by atoms with Gasteiger partial charge in [-0.2, -0.15) is 0 Å². The standard InChI is InChI=1S/C19H24BrFN4O2.HI/c1-22-19(25(3)10-17-8-15(20)9-24(17)2)23-5-4-13-6-16(21)7-14-11-26-12-27-18(13)14;/h6-9H,4-5,10-12H2,1-3H3,(H,22,23);1H. The van der Waals surface area contributed by atoms with Crippen molar-refractivity contribution in [2.75, 3.05) is 27.4 Å². The van der Waals surface area contributed by atoms with Crippen molar-refractivity contribution in [1.82, 2.24) is 14.8 Å². The smallest absolute Gasteiger partial charge is 0.193 e. The fourth-order valence-electron chi connectivity index (χ4n) is 3.18. The van der Waals surface area contributed by atoms with Crippen molar-refractivity contribution in [3.05, 3.63) is 51.5 Å². The Morgan fingerprint density at radius 1 is 1.39 bits per heavy atom. The summed E-state index contributed by atoms with van der Waals surface area (Å²) in [5.74, 6) is 1.25. The Kier molecular flexibility index (Phi) is 8.56. The summed E-state index contributed by atoms with van der Waals surface area (Å²) in [6, 6.07) is 5.08. The first-order chi connectivity index (χ1) is 13.0. The summed E-state index contributed by atoms with van der Waals surface area (Å²) < 4.78 is 27.8. The van der Waals surface area contributed by atoms with Gasteiger partial charge in [0.15, 0.2) is 12.8 Å². The van der Waals surface area contributed by atoms with E-state index in [1.165, 1.54) is 17.8 Å². The largest absolute Gasteiger partial charge is 0.467 e. The molecule has 0 radical (unpaired) electrons. The molecule has 0 saturated carbocycles. The maximum atomic E-state index is 13.8. The molecule has 0 aliphatic carbocycles. The lowest BCUT2D eigenvalue weighted by atomic mass is 10.1. The molecule has 0 amide bonds. The van der Waals surface area contributed by atoms with Crippen molar-refractivity contribution in [3.63, 3.8) is 0 Å². The second kappa shape index (κ2) is 10.4. The van der Waals surface area contributed by atoms with Crippen molar-refractivity contribution in [2.24, 2.45) is 12.0 Å². The lowest BCUT2D eigenvalue weighted by molar-refractivity contribution is -0.0172. The third-order valence-electron chi connectivity index (χ3n) is 4.48. The minimum Gasteiger partial charge on any atom is -0.467 e. The second-order valence-electron chi connectivity index (χ2n) is 6.50. The van der Waals surface area contributed by atoms with Crippen LogP contribution >= 0.6 is 39.9 Å². The first kappa shape index (κ1) is 23.0. The van der Waals surface area contributed by atoms with Gasteiger partial charge in [-0.3, -0.25) is 4.99 Å². The molecule has 154 valence electrons. The first-order valence-electron chi connectivity index (χ1n) is 8.72. The molecule has 0 fully saturated rings. The van der Waals surface area contributed by atoms with Crippen LogP contribution < -0.4 is 10.1 Å². The summed E-state index contributed by atoms with van der Waals surface area (Å²) in [5, 5.41) is 3.34. The number of nitrogens with one attached hydrogen (secondary N) is 1. The number of halogens is 3. The summed E-state index contributed by atoms with van der Waals surface area (Å²) in [6.45, 7) is 1.92. The van der Waals surface area contributed by atoms with E-state index in [9.17, 15) is 4.39 Å². The zero-order chi connectivity index (χ0) is 19.4. The van der Waals surface area contributed by atoms with E-state index in [1.807, 2.05) is 25.2 Å². The molecule has 28 heavy (non-hydrogen) atoms. The van der Waals surface area contributed by atoms with Crippen LogP contribution in [0.15, 0.2) is 33.9 Å². The van der Waals surface area contributed by atoms with Gasteiger partial charge in [0.25, 0.3) is 0 Å². The third kappa shape index (κ3) is 5.60. The van der Waals surface area contributed by atoms with E-state index >= 15 is 0 Å². The highest BCUT2D eigenvalue weighted by atomic mass is 127. The monoisotopic (exact) mass is 566 g/mol. The fraction of sp³-hybridized carbons (Fsp3) is 0.421. The van der Waals surface area contributed by atoms with Gasteiger partial charge in [0.1, 0.15) is 11.6 Å². The van der Waals surface area contributed by atoms with Crippen molar-refractivity contribution >= 4 is 45.9 Å². The minimum absolute atomic E-state index is 0. The molecule has 1 aromatic carbocycles. The van der Waals surface area contributed by atoms with E-state index in [4.69, 9.17) is 9.47 Å². The van der Waals surface area contributed by atoms with Crippen molar-refractivity contribution in [2.45, 2.75) is 19.6 Å². The number of hydrogen-bond donors (Lipinski definition) is 1. The highest BCUT2D eigenvalue weighted by molar-refractivity contribution is 14.0. The number of guanidine groups is 1. The van der Waals surface area contributed by atoms with Crippen molar-refractivity contribution < 1.29 is 13.9 Å². The molecule has 0 unspecified atom stereocenters. The Morgan fingerprint density at radius 2 is 2.18 bits per heavy atom. The molecule has 1 N–H and O–H groups in total. The Morgan fingerprint density at radius 3 is 2.86 bits per heavy atom. The van der Waals surface area contributed by atoms with Crippen LogP contribution in [0.1, 0.15) is 16.8 Å². The predicted molar refractivity (Wildman–Crippen MR) is 122 cm³/mol. The van der Waals surface area contributed by atoms with Crippen LogP contribution in [0.5, 0.6) is 5.75 Å². The van der Waals surface area contributed by atoms with Crippen LogP contribution in [0.4, 0.5) is 4.39 Å². The molecule has 2 aromatic rings. The number of aryl methyl sites for hydroxylation is 1. The molecule has 0 spiro atoms. The van der Waals surface area contributed by atoms with Crippen LogP contribution in [0, 0.1) is 5.82 Å². The first-order valence-corrected chi connectivity index (χ1v) is 9.51. The van der Waals surface area contributed by atoms with Crippen LogP contribution in [-0.2, 0) is 31.4 Å². The van der Waals surface area contributed by atoms with Gasteiger partial charge in [0.05, 0.1) is 13.2 Å². The molecule has 1 aromatic heterocycles. The maximum Gasteiger partial charge on any atom is 0.193 e. The Hall–Kier alpha value is -1.33. The molecular formula is C19H25BrFIN4O2. The normalized spacial score (nSPS) is 13.4. The zero-order valence-corrected chi connectivity index (χ0v) is 20.1. The van der Waals surface area contributed by atoms with Gasteiger partial charge in [-0.1, -0.05) is 0 Å². The molecule has 9 heteroatoms. The van der Waals surface area contributed by atoms with Gasteiger partial charge in [-0.05, 0) is 46.1 Å². The number of ether oxygens (including phenoxy) is 2. The summed E-state index contributed by atoms with van der Waals surface area (Å²) in [5.41, 5.74) is 2.76. The van der Waals surface area contributed by atoms with Crippen LogP contribution in [0.25, 0.3) is 0 Å². The van der Waals surface area contributed by atoms with Gasteiger partial charge < -0.3 is 24.3 Å². The quantitative estimate of drug-likeness (QED) is 0.341. The maximum absolute atomic E-state index is 13.8. The van der Waals surface area contributed by atoms with Crippen molar-refractivity contribution in [1.29, 1.82) is 0 Å². The van der Waals surface area contributed by atoms with Crippen LogP contribution in [0.2, 0.25) is 0 Å². The summed E-state index contributed by atoms with van der Waals surface area (Å²) in [6.07, 6.45) is 2.65. The lowest BCUT2D eigenvalue weighted by Crippen LogP contribution is -2.39. The molecule has 3 rings (SSSR count). The van der Waals surface area contributed by atoms with E-state index in [-0.39, 0.29) is 36.6 Å². The van der Waals surface area contributed by atoms with E-state index in [0.29, 0.717) is 19.6 Å². The average molecular weight is 567 g/mol. The van der Waals surface area contributed by atoms with E-state index in [1.54, 1.807) is 7.05 Å². The highest BCUT2D eigenvalue weighted by Gasteiger charge is 2.17. The zero-order valence-electron chi connectivity index (χ0n) is 16.2. The molecule has 0 saturated heterocycles. The van der Waals surface area contributed by atoms with Gasteiger partial charge >= 0.3 is 0 Å². The Bertz CT molecular complexity index is 844. The number of aliphatic imine (C=N–C) groups is 1. The number of benzene rings is 1. The summed E-state index contributed by atoms with van der Waals surface area (Å²) >= 11 is 3.49. The van der Waals surface area contributed by atoms with Crippen LogP contribution in [0.3, 0.4) is 0 Å². The van der Waals surface area contributed by atoms with E-state index in [2.05, 4.69) is 36.9 Å². The van der Waals surface area contributed by atoms with Crippen LogP contribution in [-0.4, -0.2) is 42.9 Å². The molecule has 1 aliphatic rings. The Labute approximate surface area is 190 Å². The summed E-state index contributed by atoms with van der Waals surface area (Å²) in [4.78, 5) is 6.39. The number of hydrogen-bond acceptors (Lipinski definition) is 3. The Balaban J connectivity index is 0.00000280. The van der Waals surface area contributed by atoms with Crippen molar-refractivity contribution in [3.8, 4) is 5.75 Å². The molecular weight excluding hydrogens is 542 g/mol. The van der Waals surface area contributed by atoms with E-state index < -0.39 is 0 Å². The van der Waals surface area contributed by atoms with E-state index in [0.717, 1.165) is 33.9 Å². The fourth-order valence-corrected chi connectivity index (χ4v) is 3.75. The van der Waals surface area contributed by atoms with Gasteiger partial charge in [0, 0.05) is 49.6 Å². The number of aromatic nitrogens is 1. The second-order valence-corrected chi connectivity index (χ2v) is 7.42. The highest BCUT2D eigenvalue weighted by Crippen LogP contribution is 2.29. The van der Waals surface area contributed by atoms with Gasteiger partial charge in [-0.25, -0.2) is 4.39 Å². The predicted octanol–water partition coefficient (Wildman–Crippen LogP) is 3.66. The lowest BCUT2D eigenvalue weighted by Gasteiger charge is -2.23. The molecule has 0 bridgehead atoms. The average Bonchev–Trinajstić information content (AvgIpc) is 2.95. The number of nitrogens with zero attached hydrogens (tertiary/aromatic N) is 3. The third-order valence-corrected chi connectivity index (χ3v) is 4.91. The molecule has 0 atom stereocenters.